The number of aromatic nitrogens is 1. The summed E-state index contributed by atoms with van der Waals surface area (Å²) >= 11 is 0. The van der Waals surface area contributed by atoms with Crippen LogP contribution in [-0.2, 0) is 20.1 Å². The van der Waals surface area contributed by atoms with Crippen LogP contribution in [0.25, 0.3) is 0 Å². The summed E-state index contributed by atoms with van der Waals surface area (Å²) in [6, 6.07) is 12.7. The molecule has 0 atom stereocenters. The van der Waals surface area contributed by atoms with Crippen LogP contribution in [0, 0.1) is 5.92 Å². The third-order valence-electron chi connectivity index (χ3n) is 5.92. The molecule has 1 saturated heterocycles. The highest BCUT2D eigenvalue weighted by atomic mass is 16.5. The van der Waals surface area contributed by atoms with Gasteiger partial charge in [-0.2, -0.15) is 0 Å². The zero-order chi connectivity index (χ0) is 21.3. The molecule has 6 heteroatoms. The number of aliphatic imine (C=N–C) groups is 1. The van der Waals surface area contributed by atoms with Crippen LogP contribution < -0.4 is 10.1 Å². The van der Waals surface area contributed by atoms with Crippen molar-refractivity contribution in [1.29, 1.82) is 0 Å². The molecule has 2 aromatic rings. The monoisotopic (exact) mass is 411 g/mol. The molecule has 1 aromatic carbocycles. The highest BCUT2D eigenvalue weighted by molar-refractivity contribution is 5.79. The average molecular weight is 412 g/mol. The molecule has 2 heterocycles. The topological polar surface area (TPSA) is 45.0 Å². The van der Waals surface area contributed by atoms with Gasteiger partial charge in [-0.15, -0.1) is 0 Å². The summed E-state index contributed by atoms with van der Waals surface area (Å²) in [5, 5.41) is 3.45. The van der Waals surface area contributed by atoms with E-state index in [1.807, 2.05) is 12.1 Å². The average Bonchev–Trinajstić information content (AvgIpc) is 3.17. The first-order valence-corrected chi connectivity index (χ1v) is 11.0. The molecule has 0 unspecified atom stereocenters. The van der Waals surface area contributed by atoms with Gasteiger partial charge in [-0.3, -0.25) is 9.89 Å². The van der Waals surface area contributed by atoms with E-state index in [0.717, 1.165) is 51.0 Å². The van der Waals surface area contributed by atoms with E-state index in [1.165, 1.54) is 24.1 Å². The molecule has 0 saturated carbocycles. The Morgan fingerprint density at radius 3 is 2.53 bits per heavy atom. The van der Waals surface area contributed by atoms with E-state index in [-0.39, 0.29) is 0 Å². The van der Waals surface area contributed by atoms with Crippen molar-refractivity contribution >= 4 is 5.96 Å². The fraction of sp³-hybridized carbons (Fsp3) is 0.542. The predicted octanol–water partition coefficient (Wildman–Crippen LogP) is 3.34. The molecular weight excluding hydrogens is 374 g/mol. The summed E-state index contributed by atoms with van der Waals surface area (Å²) in [4.78, 5) is 9.74. The quantitative estimate of drug-likeness (QED) is 0.535. The molecule has 0 aliphatic carbocycles. The molecule has 1 N–H and O–H groups in total. The molecule has 30 heavy (non-hydrogen) atoms. The van der Waals surface area contributed by atoms with Crippen LogP contribution in [-0.4, -0.2) is 60.7 Å². The molecule has 1 aliphatic heterocycles. The molecular formula is C24H37N5O. The van der Waals surface area contributed by atoms with Crippen molar-refractivity contribution < 1.29 is 4.74 Å². The normalized spacial score (nSPS) is 15.9. The van der Waals surface area contributed by atoms with Crippen LogP contribution in [0.5, 0.6) is 5.75 Å². The molecule has 0 bridgehead atoms. The van der Waals surface area contributed by atoms with Crippen LogP contribution in [0.2, 0.25) is 0 Å². The van der Waals surface area contributed by atoms with Gasteiger partial charge in [-0.25, -0.2) is 0 Å². The van der Waals surface area contributed by atoms with E-state index in [4.69, 9.17) is 9.73 Å². The minimum Gasteiger partial charge on any atom is -0.497 e. The van der Waals surface area contributed by atoms with E-state index in [9.17, 15) is 0 Å². The van der Waals surface area contributed by atoms with E-state index >= 15 is 0 Å². The van der Waals surface area contributed by atoms with Gasteiger partial charge in [0.2, 0.25) is 0 Å². The third-order valence-corrected chi connectivity index (χ3v) is 5.92. The number of aryl methyl sites for hydroxylation is 1. The summed E-state index contributed by atoms with van der Waals surface area (Å²) in [5.41, 5.74) is 2.64. The number of benzene rings is 1. The van der Waals surface area contributed by atoms with E-state index in [2.05, 4.69) is 71.2 Å². The number of likely N-dealkylation sites (tertiary alicyclic amines) is 1. The van der Waals surface area contributed by atoms with Gasteiger partial charge in [-0.05, 0) is 68.6 Å². The van der Waals surface area contributed by atoms with Crippen LogP contribution in [0.4, 0.5) is 0 Å². The largest absolute Gasteiger partial charge is 0.497 e. The Morgan fingerprint density at radius 2 is 1.93 bits per heavy atom. The number of methoxy groups -OCH3 is 1. The van der Waals surface area contributed by atoms with Gasteiger partial charge in [-0.1, -0.05) is 12.1 Å². The number of hydrogen-bond donors (Lipinski definition) is 1. The maximum Gasteiger partial charge on any atom is 0.194 e. The summed E-state index contributed by atoms with van der Waals surface area (Å²) < 4.78 is 7.42. The molecule has 0 spiro atoms. The Morgan fingerprint density at radius 1 is 1.20 bits per heavy atom. The zero-order valence-electron chi connectivity index (χ0n) is 19.0. The Bertz CT molecular complexity index is 790. The third kappa shape index (κ3) is 6.26. The molecule has 3 rings (SSSR count). The first-order valence-electron chi connectivity index (χ1n) is 11.0. The lowest BCUT2D eigenvalue weighted by Gasteiger charge is -2.31. The summed E-state index contributed by atoms with van der Waals surface area (Å²) in [7, 11) is 5.92. The number of nitrogens with zero attached hydrogens (tertiary/aromatic N) is 4. The summed E-state index contributed by atoms with van der Waals surface area (Å²) in [6.45, 7) is 8.07. The van der Waals surface area contributed by atoms with E-state index < -0.39 is 0 Å². The van der Waals surface area contributed by atoms with Gasteiger partial charge in [0.05, 0.1) is 13.7 Å². The number of guanidine groups is 1. The van der Waals surface area contributed by atoms with Crippen molar-refractivity contribution in [3.8, 4) is 5.75 Å². The fourth-order valence-electron chi connectivity index (χ4n) is 3.98. The van der Waals surface area contributed by atoms with Gasteiger partial charge >= 0.3 is 0 Å². The molecule has 1 aliphatic rings. The first kappa shape index (κ1) is 22.2. The van der Waals surface area contributed by atoms with E-state index in [1.54, 1.807) is 7.11 Å². The Hall–Kier alpha value is -2.47. The number of rotatable bonds is 8. The summed E-state index contributed by atoms with van der Waals surface area (Å²) in [6.07, 6.45) is 4.51. The van der Waals surface area contributed by atoms with Gasteiger partial charge in [0, 0.05) is 45.6 Å². The molecule has 0 amide bonds. The first-order chi connectivity index (χ1) is 14.6. The number of ether oxygens (including phenoxy) is 1. The summed E-state index contributed by atoms with van der Waals surface area (Å²) in [5.74, 6) is 2.58. The van der Waals surface area contributed by atoms with Gasteiger partial charge in [0.1, 0.15) is 5.75 Å². The van der Waals surface area contributed by atoms with E-state index in [0.29, 0.717) is 5.92 Å². The van der Waals surface area contributed by atoms with Gasteiger partial charge < -0.3 is 19.5 Å². The standard InChI is InChI=1S/C24H37N5O/c1-5-25-24(28(3)19-22-7-6-14-27(22)2)26-17-20-12-15-29(16-13-20)18-21-8-10-23(30-4)11-9-21/h6-11,14,20H,5,12-13,15-19H2,1-4H3,(H,25,26). The number of piperidine rings is 1. The lowest BCUT2D eigenvalue weighted by Crippen LogP contribution is -2.39. The van der Waals surface area contributed by atoms with Crippen LogP contribution in [0.3, 0.4) is 0 Å². The minimum absolute atomic E-state index is 0.661. The van der Waals surface area contributed by atoms with Crippen molar-refractivity contribution in [2.24, 2.45) is 18.0 Å². The fourth-order valence-corrected chi connectivity index (χ4v) is 3.98. The lowest BCUT2D eigenvalue weighted by molar-refractivity contribution is 0.180. The van der Waals surface area contributed by atoms with Crippen LogP contribution >= 0.6 is 0 Å². The lowest BCUT2D eigenvalue weighted by atomic mass is 9.96. The molecule has 6 nitrogen and oxygen atoms in total. The van der Waals surface area contributed by atoms with Crippen molar-refractivity contribution in [2.75, 3.05) is 40.3 Å². The number of nitrogens with one attached hydrogen (secondary N) is 1. The van der Waals surface area contributed by atoms with Gasteiger partial charge in [0.25, 0.3) is 0 Å². The predicted molar refractivity (Wildman–Crippen MR) is 124 cm³/mol. The van der Waals surface area contributed by atoms with Crippen molar-refractivity contribution in [3.63, 3.8) is 0 Å². The highest BCUT2D eigenvalue weighted by Crippen LogP contribution is 2.20. The maximum absolute atomic E-state index is 5.25. The minimum atomic E-state index is 0.661. The second-order valence-electron chi connectivity index (χ2n) is 8.23. The molecule has 164 valence electrons. The number of hydrogen-bond acceptors (Lipinski definition) is 3. The van der Waals surface area contributed by atoms with Crippen LogP contribution in [0.15, 0.2) is 47.6 Å². The maximum atomic E-state index is 5.25. The smallest absolute Gasteiger partial charge is 0.194 e. The molecule has 0 radical (unpaired) electrons. The SMILES string of the molecule is CCNC(=NCC1CCN(Cc2ccc(OC)cc2)CC1)N(C)Cc1cccn1C. The molecule has 1 fully saturated rings. The van der Waals surface area contributed by atoms with Crippen molar-refractivity contribution in [2.45, 2.75) is 32.9 Å². The van der Waals surface area contributed by atoms with Crippen molar-refractivity contribution in [3.05, 3.63) is 53.9 Å². The second kappa shape index (κ2) is 11.1. The Labute approximate surface area is 181 Å². The second-order valence-corrected chi connectivity index (χ2v) is 8.23. The highest BCUT2D eigenvalue weighted by Gasteiger charge is 2.19. The van der Waals surface area contributed by atoms with Crippen LogP contribution in [0.1, 0.15) is 31.0 Å². The van der Waals surface area contributed by atoms with Gasteiger partial charge in [0.15, 0.2) is 5.96 Å². The Balaban J connectivity index is 1.48. The Kier molecular flexibility index (Phi) is 8.20. The molecule has 1 aromatic heterocycles. The zero-order valence-corrected chi connectivity index (χ0v) is 19.0. The van der Waals surface area contributed by atoms with Crippen molar-refractivity contribution in [1.82, 2.24) is 19.7 Å².